The van der Waals surface area contributed by atoms with Gasteiger partial charge in [-0.15, -0.1) is 0 Å². The molecule has 0 aliphatic carbocycles. The van der Waals surface area contributed by atoms with Gasteiger partial charge in [0.05, 0.1) is 51.2 Å². The van der Waals surface area contributed by atoms with Gasteiger partial charge in [0.1, 0.15) is 0 Å². The van der Waals surface area contributed by atoms with Gasteiger partial charge in [-0.25, -0.2) is 0 Å². The van der Waals surface area contributed by atoms with E-state index >= 15 is 0 Å². The lowest BCUT2D eigenvalue weighted by Gasteiger charge is -2.44. The number of hydrogen-bond donors (Lipinski definition) is 1. The molecule has 0 radical (unpaired) electrons. The molecule has 1 aromatic carbocycles. The number of carbonyl (C=O) groups excluding carboxylic acids is 1. The minimum Gasteiger partial charge on any atom is -0.454 e. The largest absolute Gasteiger partial charge is 0.454 e. The van der Waals surface area contributed by atoms with Crippen molar-refractivity contribution in [2.75, 3.05) is 52.9 Å². The Balaban J connectivity index is 1.24. The third kappa shape index (κ3) is 5.02. The summed E-state index contributed by atoms with van der Waals surface area (Å²) in [5.74, 6) is 1.66. The van der Waals surface area contributed by atoms with Crippen molar-refractivity contribution in [1.29, 1.82) is 0 Å². The van der Waals surface area contributed by atoms with Crippen LogP contribution in [0.3, 0.4) is 0 Å². The number of aliphatic hydroxyl groups is 1. The Morgan fingerprint density at radius 3 is 2.78 bits per heavy atom. The van der Waals surface area contributed by atoms with E-state index in [4.69, 9.17) is 23.7 Å². The van der Waals surface area contributed by atoms with Crippen LogP contribution >= 0.6 is 0 Å². The first kappa shape index (κ1) is 21.9. The van der Waals surface area contributed by atoms with Crippen LogP contribution in [0.15, 0.2) is 18.2 Å². The summed E-state index contributed by atoms with van der Waals surface area (Å²) in [7, 11) is 0. The summed E-state index contributed by atoms with van der Waals surface area (Å²) in [6.07, 6.45) is 1.32. The lowest BCUT2D eigenvalue weighted by Crippen LogP contribution is -2.55. The molecule has 9 heteroatoms. The number of morpholine rings is 1. The lowest BCUT2D eigenvalue weighted by atomic mass is 9.94. The van der Waals surface area contributed by atoms with Crippen LogP contribution in [0, 0.1) is 0 Å². The summed E-state index contributed by atoms with van der Waals surface area (Å²) in [4.78, 5) is 16.8. The summed E-state index contributed by atoms with van der Waals surface area (Å²) >= 11 is 0. The fourth-order valence-corrected chi connectivity index (χ4v) is 5.04. The van der Waals surface area contributed by atoms with Gasteiger partial charge < -0.3 is 33.7 Å². The molecule has 4 heterocycles. The quantitative estimate of drug-likeness (QED) is 0.723. The molecular weight excluding hydrogens is 416 g/mol. The number of amides is 1. The fraction of sp³-hybridized carbons (Fsp3) is 0.696. The van der Waals surface area contributed by atoms with E-state index in [0.29, 0.717) is 52.4 Å². The third-order valence-electron chi connectivity index (χ3n) is 6.68. The monoisotopic (exact) mass is 448 g/mol. The van der Waals surface area contributed by atoms with E-state index in [1.807, 2.05) is 23.1 Å². The molecule has 1 amide bonds. The van der Waals surface area contributed by atoms with Crippen molar-refractivity contribution in [3.63, 3.8) is 0 Å². The third-order valence-corrected chi connectivity index (χ3v) is 6.68. The van der Waals surface area contributed by atoms with Crippen LogP contribution < -0.4 is 9.47 Å². The van der Waals surface area contributed by atoms with Crippen LogP contribution in [0.2, 0.25) is 0 Å². The number of fused-ring (bicyclic) bond motifs is 2. The lowest BCUT2D eigenvalue weighted by molar-refractivity contribution is -0.162. The first-order valence-corrected chi connectivity index (χ1v) is 11.5. The van der Waals surface area contributed by atoms with E-state index in [9.17, 15) is 9.90 Å². The van der Waals surface area contributed by atoms with E-state index in [0.717, 1.165) is 29.9 Å². The van der Waals surface area contributed by atoms with E-state index in [1.54, 1.807) is 0 Å². The van der Waals surface area contributed by atoms with Crippen molar-refractivity contribution in [2.24, 2.45) is 0 Å². The highest BCUT2D eigenvalue weighted by atomic mass is 16.7. The van der Waals surface area contributed by atoms with Gasteiger partial charge in [0.25, 0.3) is 0 Å². The molecule has 0 bridgehead atoms. The van der Waals surface area contributed by atoms with Crippen molar-refractivity contribution in [1.82, 2.24) is 9.80 Å². The minimum absolute atomic E-state index is 0.105. The number of β-amino-alcohol motifs (C(OH)–C–C–N with tert-alkyl or cyclic N) is 1. The Morgan fingerprint density at radius 2 is 1.91 bits per heavy atom. The van der Waals surface area contributed by atoms with Crippen molar-refractivity contribution in [3.8, 4) is 11.5 Å². The number of hydrogen-bond acceptors (Lipinski definition) is 8. The number of rotatable bonds is 4. The molecule has 4 aliphatic rings. The van der Waals surface area contributed by atoms with Crippen LogP contribution in [0.25, 0.3) is 0 Å². The van der Waals surface area contributed by atoms with Crippen molar-refractivity contribution in [2.45, 2.75) is 50.2 Å². The molecule has 9 nitrogen and oxygen atoms in total. The number of benzene rings is 1. The highest BCUT2D eigenvalue weighted by Crippen LogP contribution is 2.34. The molecule has 3 saturated heterocycles. The maximum atomic E-state index is 12.7. The van der Waals surface area contributed by atoms with Gasteiger partial charge in [-0.1, -0.05) is 6.07 Å². The summed E-state index contributed by atoms with van der Waals surface area (Å²) in [5.41, 5.74) is 1.10. The Labute approximate surface area is 188 Å². The number of nitrogens with zero attached hydrogens (tertiary/aromatic N) is 2. The van der Waals surface area contributed by atoms with Crippen molar-refractivity contribution in [3.05, 3.63) is 23.8 Å². The predicted molar refractivity (Wildman–Crippen MR) is 113 cm³/mol. The van der Waals surface area contributed by atoms with Gasteiger partial charge in [-0.05, 0) is 30.5 Å². The standard InChI is InChI=1S/C23H32N2O7/c26-17-12-25(11-16-1-4-20-21(9-16)31-15-30-20)19-3-2-18(32-22(19)14-29-13-17)10-23(27)24-5-7-28-8-6-24/h1,4,9,17-19,22,26H,2-3,5-8,10-15H2/t17-,18-,19+,22-/m0/s1. The second-order valence-corrected chi connectivity index (χ2v) is 8.95. The van der Waals surface area contributed by atoms with E-state index < -0.39 is 6.10 Å². The molecule has 4 atom stereocenters. The zero-order chi connectivity index (χ0) is 21.9. The van der Waals surface area contributed by atoms with Gasteiger partial charge in [-0.3, -0.25) is 9.69 Å². The molecule has 0 spiro atoms. The first-order valence-electron chi connectivity index (χ1n) is 11.5. The topological polar surface area (TPSA) is 89.9 Å². The van der Waals surface area contributed by atoms with Gasteiger partial charge in [0.2, 0.25) is 12.7 Å². The average molecular weight is 449 g/mol. The SMILES string of the molecule is O=C(C[C@@H]1CC[C@@H]2[C@H](COC[C@@H](O)CN2Cc2ccc3c(c2)OCO3)O1)N1CCOCC1. The molecule has 4 aliphatic heterocycles. The average Bonchev–Trinajstić information content (AvgIpc) is 3.26. The van der Waals surface area contributed by atoms with Gasteiger partial charge >= 0.3 is 0 Å². The Hall–Kier alpha value is -1.91. The van der Waals surface area contributed by atoms with E-state index in [1.165, 1.54) is 0 Å². The Kier molecular flexibility index (Phi) is 6.80. The molecule has 3 fully saturated rings. The highest BCUT2D eigenvalue weighted by Gasteiger charge is 2.38. The normalized spacial score (nSPS) is 31.0. The number of ether oxygens (including phenoxy) is 5. The molecule has 32 heavy (non-hydrogen) atoms. The maximum Gasteiger partial charge on any atom is 0.231 e. The summed E-state index contributed by atoms with van der Waals surface area (Å²) in [5, 5.41) is 10.4. The fourth-order valence-electron chi connectivity index (χ4n) is 5.04. The highest BCUT2D eigenvalue weighted by molar-refractivity contribution is 5.76. The van der Waals surface area contributed by atoms with Crippen LogP contribution in [0.4, 0.5) is 0 Å². The van der Waals surface area contributed by atoms with Gasteiger partial charge in [-0.2, -0.15) is 0 Å². The number of aliphatic hydroxyl groups excluding tert-OH is 1. The summed E-state index contributed by atoms with van der Waals surface area (Å²) < 4.78 is 28.4. The molecule has 0 unspecified atom stereocenters. The van der Waals surface area contributed by atoms with Crippen molar-refractivity contribution >= 4 is 5.91 Å². The van der Waals surface area contributed by atoms with Crippen LogP contribution in [-0.4, -0.2) is 98.0 Å². The van der Waals surface area contributed by atoms with Crippen LogP contribution in [0.5, 0.6) is 11.5 Å². The van der Waals surface area contributed by atoms with Gasteiger partial charge in [0.15, 0.2) is 11.5 Å². The summed E-state index contributed by atoms with van der Waals surface area (Å²) in [6, 6.07) is 6.10. The molecule has 0 saturated carbocycles. The molecule has 1 N–H and O–H groups in total. The molecule has 176 valence electrons. The van der Waals surface area contributed by atoms with E-state index in [2.05, 4.69) is 4.90 Å². The minimum atomic E-state index is -0.550. The number of carbonyl (C=O) groups is 1. The van der Waals surface area contributed by atoms with Crippen LogP contribution in [0.1, 0.15) is 24.8 Å². The van der Waals surface area contributed by atoms with Gasteiger partial charge in [0, 0.05) is 32.2 Å². The molecule has 0 aromatic heterocycles. The Morgan fingerprint density at radius 1 is 1.06 bits per heavy atom. The van der Waals surface area contributed by atoms with Crippen molar-refractivity contribution < 1.29 is 33.6 Å². The maximum absolute atomic E-state index is 12.7. The van der Waals surface area contributed by atoms with Crippen LogP contribution in [-0.2, 0) is 25.5 Å². The first-order chi connectivity index (χ1) is 15.7. The zero-order valence-electron chi connectivity index (χ0n) is 18.3. The molecular formula is C23H32N2O7. The smallest absolute Gasteiger partial charge is 0.231 e. The predicted octanol–water partition coefficient (Wildman–Crippen LogP) is 0.774. The molecule has 1 aromatic rings. The molecule has 5 rings (SSSR count). The Bertz CT molecular complexity index is 801. The summed E-state index contributed by atoms with van der Waals surface area (Å²) in [6.45, 7) is 4.65. The zero-order valence-corrected chi connectivity index (χ0v) is 18.3. The van der Waals surface area contributed by atoms with E-state index in [-0.39, 0.29) is 37.6 Å². The second-order valence-electron chi connectivity index (χ2n) is 8.95. The second kappa shape index (κ2) is 9.93.